The van der Waals surface area contributed by atoms with Gasteiger partial charge in [0.05, 0.1) is 25.4 Å². The Hall–Kier alpha value is -1.16. The van der Waals surface area contributed by atoms with Crippen molar-refractivity contribution in [3.05, 3.63) is 12.2 Å². The molecule has 12 nitrogen and oxygen atoms in total. The summed E-state index contributed by atoms with van der Waals surface area (Å²) in [6.07, 6.45) is 36.7. The maximum Gasteiger partial charge on any atom is 0.397 e. The van der Waals surface area contributed by atoms with E-state index in [2.05, 4.69) is 35.5 Å². The van der Waals surface area contributed by atoms with Gasteiger partial charge < -0.3 is 35.2 Å². The average Bonchev–Trinajstić information content (AvgIpc) is 3.24. The van der Waals surface area contributed by atoms with E-state index in [9.17, 15) is 38.2 Å². The van der Waals surface area contributed by atoms with E-state index in [1.807, 2.05) is 0 Å². The van der Waals surface area contributed by atoms with Gasteiger partial charge in [0.25, 0.3) is 0 Å². The zero-order valence-electron chi connectivity index (χ0n) is 39.5. The number of aliphatic hydroxyl groups is 4. The van der Waals surface area contributed by atoms with Crippen molar-refractivity contribution in [1.29, 1.82) is 0 Å². The molecule has 1 amide bonds. The van der Waals surface area contributed by atoms with Crippen LogP contribution in [0, 0.1) is 0 Å². The molecule has 0 aromatic rings. The second-order valence-corrected chi connectivity index (χ2v) is 19.2. The molecule has 0 aromatic heterocycles. The third-order valence-corrected chi connectivity index (χ3v) is 12.8. The first-order valence-electron chi connectivity index (χ1n) is 25.6. The molecule has 1 aliphatic rings. The summed E-state index contributed by atoms with van der Waals surface area (Å²) < 4.78 is 47.7. The van der Waals surface area contributed by atoms with Crippen LogP contribution in [0.4, 0.5) is 0 Å². The lowest BCUT2D eigenvalue weighted by Gasteiger charge is -2.41. The van der Waals surface area contributed by atoms with Gasteiger partial charge in [-0.25, -0.2) is 4.18 Å². The first kappa shape index (κ1) is 58.9. The number of hydrogen-bond acceptors (Lipinski definition) is 10. The van der Waals surface area contributed by atoms with Crippen LogP contribution in [0.1, 0.15) is 239 Å². The molecule has 0 aromatic carbocycles. The highest BCUT2D eigenvalue weighted by Crippen LogP contribution is 2.26. The van der Waals surface area contributed by atoms with E-state index in [1.54, 1.807) is 0 Å². The summed E-state index contributed by atoms with van der Waals surface area (Å²) in [7, 11) is -5.07. The summed E-state index contributed by atoms with van der Waals surface area (Å²) >= 11 is 0. The van der Waals surface area contributed by atoms with Crippen molar-refractivity contribution in [3.63, 3.8) is 0 Å². The number of hydrogen-bond donors (Lipinski definition) is 6. The van der Waals surface area contributed by atoms with Gasteiger partial charge in [-0.15, -0.1) is 0 Å². The minimum Gasteiger partial charge on any atom is -0.394 e. The van der Waals surface area contributed by atoms with Gasteiger partial charge in [-0.05, 0) is 32.1 Å². The molecule has 1 saturated heterocycles. The quantitative estimate of drug-likeness (QED) is 0.0194. The fourth-order valence-electron chi connectivity index (χ4n) is 8.32. The lowest BCUT2D eigenvalue weighted by molar-refractivity contribution is -0.298. The Kier molecular flexibility index (Phi) is 38.1. The monoisotopic (exact) mass is 906 g/mol. The fraction of sp³-hybridized carbons (Fsp3) is 0.939. The van der Waals surface area contributed by atoms with Gasteiger partial charge in [-0.2, -0.15) is 8.42 Å². The van der Waals surface area contributed by atoms with Crippen LogP contribution in [0.15, 0.2) is 12.2 Å². The van der Waals surface area contributed by atoms with Gasteiger partial charge in [0.15, 0.2) is 6.29 Å². The summed E-state index contributed by atoms with van der Waals surface area (Å²) in [6.45, 7) is 3.41. The Labute approximate surface area is 379 Å². The second kappa shape index (κ2) is 40.1. The van der Waals surface area contributed by atoms with Crippen LogP contribution in [-0.4, -0.2) is 95.4 Å². The molecule has 1 fully saturated rings. The fourth-order valence-corrected chi connectivity index (χ4v) is 8.83. The highest BCUT2D eigenvalue weighted by Gasteiger charge is 2.48. The Morgan fingerprint density at radius 1 is 0.629 bits per heavy atom. The largest absolute Gasteiger partial charge is 0.397 e. The molecule has 0 saturated carbocycles. The third kappa shape index (κ3) is 32.5. The van der Waals surface area contributed by atoms with Gasteiger partial charge >= 0.3 is 10.4 Å². The molecular formula is C49H95NO11S. The van der Waals surface area contributed by atoms with Crippen molar-refractivity contribution in [2.45, 2.75) is 281 Å². The molecule has 62 heavy (non-hydrogen) atoms. The minimum atomic E-state index is -5.07. The number of carbonyl (C=O) groups is 1. The number of nitrogens with one attached hydrogen (secondary N) is 1. The Morgan fingerprint density at radius 3 is 1.50 bits per heavy atom. The van der Waals surface area contributed by atoms with Crippen LogP contribution >= 0.6 is 0 Å². The van der Waals surface area contributed by atoms with Crippen LogP contribution < -0.4 is 5.32 Å². The van der Waals surface area contributed by atoms with Crippen molar-refractivity contribution in [1.82, 2.24) is 5.32 Å². The zero-order valence-corrected chi connectivity index (χ0v) is 40.3. The Bertz CT molecular complexity index is 1160. The van der Waals surface area contributed by atoms with E-state index in [0.29, 0.717) is 12.8 Å². The van der Waals surface area contributed by atoms with Gasteiger partial charge in [0.1, 0.15) is 24.4 Å². The second-order valence-electron chi connectivity index (χ2n) is 18.1. The number of unbranched alkanes of at least 4 members (excludes halogenated alkanes) is 30. The number of carbonyl (C=O) groups excluding carboxylic acids is 1. The standard InChI is InChI=1S/C49H95NO11S/c1-3-5-7-9-11-13-15-16-17-18-19-20-21-22-23-24-25-26-27-28-29-30-32-34-36-38-43(52)42(50-45(53)39-37-35-33-31-14-12-10-8-6-4-2)41-59-49-47(55)48(61-62(56,57)58)46(54)44(40-51)60-49/h10,12,42-44,46-49,51-52,54-55H,3-9,11,13-41H2,1-2H3,(H,50,53)(H,56,57,58)/b12-10-. The van der Waals surface area contributed by atoms with Crippen LogP contribution in [-0.2, 0) is 28.9 Å². The molecule has 6 N–H and O–H groups in total. The number of rotatable bonds is 44. The molecule has 1 heterocycles. The van der Waals surface area contributed by atoms with Crippen molar-refractivity contribution < 1.29 is 51.8 Å². The van der Waals surface area contributed by atoms with E-state index in [4.69, 9.17) is 9.47 Å². The SMILES string of the molecule is CCCC/C=C\CCCCCCC(=O)NC(COC1OC(CO)C(O)C(OS(=O)(=O)O)C1O)C(O)CCCCCCCCCCCCCCCCCCCCCCCCCCC. The zero-order chi connectivity index (χ0) is 45.5. The number of amides is 1. The molecule has 0 spiro atoms. The maximum absolute atomic E-state index is 13.0. The summed E-state index contributed by atoms with van der Waals surface area (Å²) in [6, 6.07) is -0.860. The molecule has 0 bridgehead atoms. The lowest BCUT2D eigenvalue weighted by Crippen LogP contribution is -2.61. The Balaban J connectivity index is 2.33. The molecular weight excluding hydrogens is 811 g/mol. The van der Waals surface area contributed by atoms with Crippen LogP contribution in [0.25, 0.3) is 0 Å². The van der Waals surface area contributed by atoms with E-state index < -0.39 is 59.9 Å². The minimum absolute atomic E-state index is 0.242. The van der Waals surface area contributed by atoms with Gasteiger partial charge in [0.2, 0.25) is 5.91 Å². The number of allylic oxidation sites excluding steroid dienone is 2. The first-order chi connectivity index (χ1) is 30.0. The van der Waals surface area contributed by atoms with E-state index >= 15 is 0 Å². The summed E-state index contributed by atoms with van der Waals surface area (Å²) in [4.78, 5) is 13.0. The van der Waals surface area contributed by atoms with Crippen molar-refractivity contribution in [3.8, 4) is 0 Å². The molecule has 7 unspecified atom stereocenters. The maximum atomic E-state index is 13.0. The molecule has 1 aliphatic heterocycles. The predicted molar refractivity (Wildman–Crippen MR) is 250 cm³/mol. The summed E-state index contributed by atoms with van der Waals surface area (Å²) in [5, 5.41) is 44.9. The molecule has 13 heteroatoms. The van der Waals surface area contributed by atoms with Crippen LogP contribution in [0.2, 0.25) is 0 Å². The van der Waals surface area contributed by atoms with Crippen LogP contribution in [0.5, 0.6) is 0 Å². The van der Waals surface area contributed by atoms with Crippen LogP contribution in [0.3, 0.4) is 0 Å². The van der Waals surface area contributed by atoms with E-state index in [1.165, 1.54) is 148 Å². The highest BCUT2D eigenvalue weighted by molar-refractivity contribution is 7.80. The van der Waals surface area contributed by atoms with Crippen molar-refractivity contribution in [2.75, 3.05) is 13.2 Å². The molecule has 7 atom stereocenters. The normalized spacial score (nSPS) is 20.5. The summed E-state index contributed by atoms with van der Waals surface area (Å²) in [5.74, 6) is -0.242. The highest BCUT2D eigenvalue weighted by atomic mass is 32.3. The smallest absolute Gasteiger partial charge is 0.394 e. The van der Waals surface area contributed by atoms with Crippen molar-refractivity contribution in [2.24, 2.45) is 0 Å². The average molecular weight is 906 g/mol. The third-order valence-electron chi connectivity index (χ3n) is 12.3. The van der Waals surface area contributed by atoms with Crippen molar-refractivity contribution >= 4 is 16.3 Å². The van der Waals surface area contributed by atoms with E-state index in [0.717, 1.165) is 57.8 Å². The Morgan fingerprint density at radius 2 is 1.05 bits per heavy atom. The predicted octanol–water partition coefficient (Wildman–Crippen LogP) is 10.7. The first-order valence-corrected chi connectivity index (χ1v) is 26.9. The number of ether oxygens (including phenoxy) is 2. The molecule has 1 rings (SSSR count). The van der Waals surface area contributed by atoms with Gasteiger partial charge in [0, 0.05) is 6.42 Å². The van der Waals surface area contributed by atoms with E-state index in [-0.39, 0.29) is 18.9 Å². The molecule has 0 aliphatic carbocycles. The molecule has 368 valence electrons. The lowest BCUT2D eigenvalue weighted by atomic mass is 9.99. The topological polar surface area (TPSA) is 192 Å². The summed E-state index contributed by atoms with van der Waals surface area (Å²) in [5.41, 5.74) is 0. The number of aliphatic hydroxyl groups excluding tert-OH is 4. The van der Waals surface area contributed by atoms with Gasteiger partial charge in [-0.3, -0.25) is 9.35 Å². The molecule has 0 radical (unpaired) electrons. The van der Waals surface area contributed by atoms with Gasteiger partial charge in [-0.1, -0.05) is 212 Å².